The molecular formula is C13H19NOS. The zero-order chi connectivity index (χ0) is 11.4. The van der Waals surface area contributed by atoms with Crippen molar-refractivity contribution in [2.75, 3.05) is 25.1 Å². The number of rotatable bonds is 4. The van der Waals surface area contributed by atoms with Crippen LogP contribution in [0.2, 0.25) is 0 Å². The average Bonchev–Trinajstić information content (AvgIpc) is 2.80. The number of phenols is 1. The number of thioether (sulfide) groups is 1. The molecule has 0 radical (unpaired) electrons. The highest BCUT2D eigenvalue weighted by atomic mass is 32.2. The third kappa shape index (κ3) is 2.53. The molecule has 1 aromatic carbocycles. The Labute approximate surface area is 101 Å². The maximum Gasteiger partial charge on any atom is 0.119 e. The van der Waals surface area contributed by atoms with Gasteiger partial charge in [-0.3, -0.25) is 0 Å². The van der Waals surface area contributed by atoms with Crippen molar-refractivity contribution in [1.82, 2.24) is 5.32 Å². The van der Waals surface area contributed by atoms with Crippen LogP contribution >= 0.6 is 11.8 Å². The number of aromatic hydroxyl groups is 1. The molecule has 2 unspecified atom stereocenters. The van der Waals surface area contributed by atoms with Crippen molar-refractivity contribution < 1.29 is 5.11 Å². The molecule has 2 N–H and O–H groups in total. The van der Waals surface area contributed by atoms with Crippen molar-refractivity contribution >= 4 is 11.8 Å². The van der Waals surface area contributed by atoms with Crippen LogP contribution in [0.15, 0.2) is 24.3 Å². The standard InChI is InChI=1S/C13H19NOS/c1-14-8-12(10-6-7-16-9-10)11-4-2-3-5-13(11)15/h2-5,10,12,14-15H,6-9H2,1H3. The van der Waals surface area contributed by atoms with E-state index in [2.05, 4.69) is 11.4 Å². The van der Waals surface area contributed by atoms with Crippen molar-refractivity contribution in [3.05, 3.63) is 29.8 Å². The van der Waals surface area contributed by atoms with Crippen molar-refractivity contribution in [2.24, 2.45) is 5.92 Å². The second-order valence-electron chi connectivity index (χ2n) is 4.35. The summed E-state index contributed by atoms with van der Waals surface area (Å²) in [6, 6.07) is 7.75. The Morgan fingerprint density at radius 1 is 1.50 bits per heavy atom. The summed E-state index contributed by atoms with van der Waals surface area (Å²) < 4.78 is 0. The van der Waals surface area contributed by atoms with Crippen LogP contribution in [0.1, 0.15) is 17.9 Å². The fourth-order valence-corrected chi connectivity index (χ4v) is 3.76. The lowest BCUT2D eigenvalue weighted by Crippen LogP contribution is -2.24. The van der Waals surface area contributed by atoms with Gasteiger partial charge in [-0.05, 0) is 42.5 Å². The summed E-state index contributed by atoms with van der Waals surface area (Å²) in [4.78, 5) is 0. The molecule has 2 nitrogen and oxygen atoms in total. The van der Waals surface area contributed by atoms with Gasteiger partial charge in [0.15, 0.2) is 0 Å². The minimum atomic E-state index is 0.444. The van der Waals surface area contributed by atoms with Gasteiger partial charge < -0.3 is 10.4 Å². The molecule has 0 bridgehead atoms. The maximum absolute atomic E-state index is 9.93. The van der Waals surface area contributed by atoms with Crippen molar-refractivity contribution in [3.8, 4) is 5.75 Å². The summed E-state index contributed by atoms with van der Waals surface area (Å²) in [6.45, 7) is 0.947. The number of likely N-dealkylation sites (N-methyl/N-ethyl adjacent to an activating group) is 1. The first-order valence-corrected chi connectivity index (χ1v) is 6.98. The third-order valence-electron chi connectivity index (χ3n) is 3.29. The topological polar surface area (TPSA) is 32.3 Å². The molecule has 0 saturated carbocycles. The summed E-state index contributed by atoms with van der Waals surface area (Å²) in [5, 5.41) is 13.2. The summed E-state index contributed by atoms with van der Waals surface area (Å²) in [6.07, 6.45) is 1.27. The number of phenolic OH excluding ortho intramolecular Hbond substituents is 1. The van der Waals surface area contributed by atoms with Crippen LogP contribution in [-0.4, -0.2) is 30.2 Å². The molecule has 0 aliphatic carbocycles. The maximum atomic E-state index is 9.93. The molecule has 1 aliphatic heterocycles. The van der Waals surface area contributed by atoms with Crippen LogP contribution < -0.4 is 5.32 Å². The fourth-order valence-electron chi connectivity index (χ4n) is 2.42. The first-order valence-electron chi connectivity index (χ1n) is 5.83. The summed E-state index contributed by atoms with van der Waals surface area (Å²) in [5.41, 5.74) is 1.10. The Balaban J connectivity index is 2.21. The number of benzene rings is 1. The molecule has 3 heteroatoms. The number of nitrogens with one attached hydrogen (secondary N) is 1. The molecule has 88 valence electrons. The fraction of sp³-hybridized carbons (Fsp3) is 0.538. The van der Waals surface area contributed by atoms with Gasteiger partial charge in [0, 0.05) is 12.5 Å². The normalized spacial score (nSPS) is 22.2. The highest BCUT2D eigenvalue weighted by Crippen LogP contribution is 2.38. The van der Waals surface area contributed by atoms with E-state index in [9.17, 15) is 5.11 Å². The van der Waals surface area contributed by atoms with Gasteiger partial charge in [0.25, 0.3) is 0 Å². The Hall–Kier alpha value is -0.670. The van der Waals surface area contributed by atoms with Gasteiger partial charge in [0.05, 0.1) is 0 Å². The van der Waals surface area contributed by atoms with E-state index in [1.807, 2.05) is 30.9 Å². The first kappa shape index (κ1) is 11.8. The minimum absolute atomic E-state index is 0.444. The van der Waals surface area contributed by atoms with Crippen LogP contribution in [0.4, 0.5) is 0 Å². The van der Waals surface area contributed by atoms with Gasteiger partial charge in [-0.15, -0.1) is 0 Å². The molecule has 1 fully saturated rings. The predicted octanol–water partition coefficient (Wildman–Crippen LogP) is 2.45. The van der Waals surface area contributed by atoms with Gasteiger partial charge in [0.2, 0.25) is 0 Å². The van der Waals surface area contributed by atoms with Crippen molar-refractivity contribution in [3.63, 3.8) is 0 Å². The molecule has 0 amide bonds. The van der Waals surface area contributed by atoms with Crippen LogP contribution in [0.25, 0.3) is 0 Å². The van der Waals surface area contributed by atoms with E-state index < -0.39 is 0 Å². The van der Waals surface area contributed by atoms with Crippen molar-refractivity contribution in [2.45, 2.75) is 12.3 Å². The predicted molar refractivity (Wildman–Crippen MR) is 70.2 cm³/mol. The van der Waals surface area contributed by atoms with Gasteiger partial charge in [-0.1, -0.05) is 18.2 Å². The highest BCUT2D eigenvalue weighted by molar-refractivity contribution is 7.99. The smallest absolute Gasteiger partial charge is 0.119 e. The quantitative estimate of drug-likeness (QED) is 0.843. The Kier molecular flexibility index (Phi) is 4.13. The number of hydrogen-bond donors (Lipinski definition) is 2. The van der Waals surface area contributed by atoms with E-state index in [0.717, 1.165) is 12.1 Å². The van der Waals surface area contributed by atoms with E-state index in [1.54, 1.807) is 6.07 Å². The lowest BCUT2D eigenvalue weighted by atomic mass is 9.85. The monoisotopic (exact) mass is 237 g/mol. The van der Waals surface area contributed by atoms with Crippen LogP contribution in [0.3, 0.4) is 0 Å². The molecule has 0 aromatic heterocycles. The van der Waals surface area contributed by atoms with Gasteiger partial charge >= 0.3 is 0 Å². The third-order valence-corrected chi connectivity index (χ3v) is 4.48. The molecule has 16 heavy (non-hydrogen) atoms. The van der Waals surface area contributed by atoms with Gasteiger partial charge in [-0.2, -0.15) is 11.8 Å². The van der Waals surface area contributed by atoms with E-state index in [4.69, 9.17) is 0 Å². The van der Waals surface area contributed by atoms with Gasteiger partial charge in [-0.25, -0.2) is 0 Å². The molecule has 2 atom stereocenters. The molecule has 1 heterocycles. The second kappa shape index (κ2) is 5.60. The zero-order valence-corrected chi connectivity index (χ0v) is 10.5. The Morgan fingerprint density at radius 3 is 2.94 bits per heavy atom. The molecule has 1 aliphatic rings. The average molecular weight is 237 g/mol. The van der Waals surface area contributed by atoms with Crippen LogP contribution in [-0.2, 0) is 0 Å². The summed E-state index contributed by atoms with van der Waals surface area (Å²) in [5.74, 6) is 4.07. The summed E-state index contributed by atoms with van der Waals surface area (Å²) >= 11 is 2.03. The zero-order valence-electron chi connectivity index (χ0n) is 9.65. The van der Waals surface area contributed by atoms with Gasteiger partial charge in [0.1, 0.15) is 5.75 Å². The highest BCUT2D eigenvalue weighted by Gasteiger charge is 2.27. The number of para-hydroxylation sites is 1. The van der Waals surface area contributed by atoms with Crippen LogP contribution in [0.5, 0.6) is 5.75 Å². The van der Waals surface area contributed by atoms with E-state index in [-0.39, 0.29) is 0 Å². The lowest BCUT2D eigenvalue weighted by molar-refractivity contribution is 0.416. The molecular weight excluding hydrogens is 218 g/mol. The van der Waals surface area contributed by atoms with Crippen molar-refractivity contribution in [1.29, 1.82) is 0 Å². The summed E-state index contributed by atoms with van der Waals surface area (Å²) in [7, 11) is 1.98. The second-order valence-corrected chi connectivity index (χ2v) is 5.50. The lowest BCUT2D eigenvalue weighted by Gasteiger charge is -2.23. The first-order chi connectivity index (χ1) is 7.83. The van der Waals surface area contributed by atoms with E-state index in [0.29, 0.717) is 17.6 Å². The molecule has 2 rings (SSSR count). The van der Waals surface area contributed by atoms with E-state index in [1.165, 1.54) is 17.9 Å². The minimum Gasteiger partial charge on any atom is -0.508 e. The molecule has 0 spiro atoms. The number of hydrogen-bond acceptors (Lipinski definition) is 3. The Morgan fingerprint density at radius 2 is 2.31 bits per heavy atom. The Bertz CT molecular complexity index is 336. The SMILES string of the molecule is CNCC(c1ccccc1O)C1CCSC1. The molecule has 1 saturated heterocycles. The van der Waals surface area contributed by atoms with Crippen LogP contribution in [0, 0.1) is 5.92 Å². The largest absolute Gasteiger partial charge is 0.508 e. The molecule has 1 aromatic rings. The van der Waals surface area contributed by atoms with E-state index >= 15 is 0 Å².